The molecule has 6 atom stereocenters. The third-order valence-electron chi connectivity index (χ3n) is 13.5. The Morgan fingerprint density at radius 1 is 0.770 bits per heavy atom. The van der Waals surface area contributed by atoms with Gasteiger partial charge in [-0.15, -0.1) is 0 Å². The van der Waals surface area contributed by atoms with Crippen LogP contribution in [0.4, 0.5) is 13.2 Å². The summed E-state index contributed by atoms with van der Waals surface area (Å²) in [6.07, 6.45) is 0.603. The van der Waals surface area contributed by atoms with Crippen LogP contribution in [0, 0.1) is 23.4 Å². The van der Waals surface area contributed by atoms with Crippen LogP contribution in [0.2, 0.25) is 10.0 Å². The zero-order valence-electron chi connectivity index (χ0n) is 42.9. The van der Waals surface area contributed by atoms with Crippen LogP contribution in [0.15, 0.2) is 85.1 Å². The third kappa shape index (κ3) is 14.0. The van der Waals surface area contributed by atoms with Crippen LogP contribution in [0.1, 0.15) is 56.1 Å². The molecule has 2 N–H and O–H groups in total. The molecule has 1 saturated heterocycles. The van der Waals surface area contributed by atoms with E-state index in [0.29, 0.717) is 27.9 Å². The summed E-state index contributed by atoms with van der Waals surface area (Å²) in [6.45, 7) is 4.83. The number of nitrogens with one attached hydrogen (secondary N) is 2. The molecule has 5 amide bonds. The smallest absolute Gasteiger partial charge is 0.247 e. The van der Waals surface area contributed by atoms with E-state index in [2.05, 4.69) is 15.6 Å². The molecule has 0 aliphatic carbocycles. The Bertz CT molecular complexity index is 2820. The Labute approximate surface area is 439 Å². The number of imidazole rings is 1. The monoisotopic (exact) mass is 1060 g/mol. The average molecular weight is 1060 g/mol. The van der Waals surface area contributed by atoms with Gasteiger partial charge in [-0.1, -0.05) is 47.5 Å². The molecule has 4 aromatic carbocycles. The molecule has 0 spiro atoms. The maximum atomic E-state index is 15.5. The molecule has 2 heterocycles. The molecule has 15 nitrogen and oxygen atoms in total. The summed E-state index contributed by atoms with van der Waals surface area (Å²) >= 11 is 12.7. The lowest BCUT2D eigenvalue weighted by atomic mass is 9.92. The van der Waals surface area contributed by atoms with Gasteiger partial charge >= 0.3 is 0 Å². The first-order valence-electron chi connectivity index (χ1n) is 24.1. The first-order valence-corrected chi connectivity index (χ1v) is 24.8. The van der Waals surface area contributed by atoms with Crippen LogP contribution in [-0.4, -0.2) is 131 Å². The number of carbonyl (C=O) groups is 5. The maximum absolute atomic E-state index is 15.5. The number of carbonyl (C=O) groups excluding carboxylic acids is 5. The number of hydrogen-bond acceptors (Lipinski definition) is 9. The van der Waals surface area contributed by atoms with Gasteiger partial charge in [0.2, 0.25) is 29.5 Å². The van der Waals surface area contributed by atoms with Crippen molar-refractivity contribution in [3.8, 4) is 22.8 Å². The van der Waals surface area contributed by atoms with Crippen molar-refractivity contribution in [1.29, 1.82) is 0 Å². The molecule has 0 radical (unpaired) electrons. The van der Waals surface area contributed by atoms with Gasteiger partial charge in [0.1, 0.15) is 29.4 Å². The van der Waals surface area contributed by atoms with Gasteiger partial charge in [0.05, 0.1) is 37.5 Å². The number of likely N-dealkylation sites (N-methyl/N-ethyl adjacent to an activating group) is 2. The molecule has 1 fully saturated rings. The van der Waals surface area contributed by atoms with Crippen LogP contribution in [0.5, 0.6) is 11.5 Å². The molecule has 1 aromatic heterocycles. The van der Waals surface area contributed by atoms with E-state index in [0.717, 1.165) is 34.8 Å². The zero-order valence-corrected chi connectivity index (χ0v) is 44.4. The summed E-state index contributed by atoms with van der Waals surface area (Å²) in [5.41, 5.74) is 2.53. The van der Waals surface area contributed by atoms with E-state index in [1.165, 1.54) is 42.8 Å². The van der Waals surface area contributed by atoms with Crippen molar-refractivity contribution < 1.29 is 46.6 Å². The highest BCUT2D eigenvalue weighted by Gasteiger charge is 2.38. The van der Waals surface area contributed by atoms with E-state index in [4.69, 9.17) is 32.7 Å². The third-order valence-corrected chi connectivity index (χ3v) is 14.0. The number of ether oxygens (including phenoxy) is 2. The Kier molecular flexibility index (Phi) is 19.3. The minimum Gasteiger partial charge on any atom is -0.457 e. The van der Waals surface area contributed by atoms with Crippen LogP contribution < -0.4 is 15.4 Å². The molecule has 20 heteroatoms. The van der Waals surface area contributed by atoms with Gasteiger partial charge in [-0.3, -0.25) is 24.0 Å². The molecular formula is C54H63Cl2F3N8O7. The SMILES string of the molecule is COC[C@@H]1NC(=O)[C@H](C)N(Cc2ccc(Cl)cc2Oc2ccc(-c3cnc(CN(C)C)n3C)cc2)C(=O)C[C@@H](Cc2ccc(F)c(F)c2F)C(=O)N(C)[C@@H](C)[C@H](C)NC(=O)C[C@H](Cc2ccc(Cl)cc2)N(C)C1=O. The minimum absolute atomic E-state index is 0.193. The zero-order chi connectivity index (χ0) is 54.1. The van der Waals surface area contributed by atoms with E-state index in [9.17, 15) is 28.0 Å². The topological polar surface area (TPSA) is 159 Å². The predicted octanol–water partition coefficient (Wildman–Crippen LogP) is 7.59. The molecule has 0 unspecified atom stereocenters. The van der Waals surface area contributed by atoms with Crippen LogP contribution in [0.25, 0.3) is 11.3 Å². The highest BCUT2D eigenvalue weighted by molar-refractivity contribution is 6.31. The van der Waals surface area contributed by atoms with Gasteiger partial charge in [-0.2, -0.15) is 0 Å². The van der Waals surface area contributed by atoms with Crippen molar-refractivity contribution in [1.82, 2.24) is 39.8 Å². The van der Waals surface area contributed by atoms with Crippen molar-refractivity contribution >= 4 is 52.7 Å². The first-order chi connectivity index (χ1) is 35.1. The largest absolute Gasteiger partial charge is 0.457 e. The highest BCUT2D eigenvalue weighted by atomic mass is 35.5. The summed E-state index contributed by atoms with van der Waals surface area (Å²) in [5.74, 6) is -7.91. The number of amides is 5. The van der Waals surface area contributed by atoms with Crippen molar-refractivity contribution in [2.45, 2.75) is 89.8 Å². The van der Waals surface area contributed by atoms with Gasteiger partial charge in [0.15, 0.2) is 17.5 Å². The Morgan fingerprint density at radius 3 is 2.09 bits per heavy atom. The van der Waals surface area contributed by atoms with Crippen molar-refractivity contribution in [3.05, 3.63) is 135 Å². The summed E-state index contributed by atoms with van der Waals surface area (Å²) in [7, 11) is 10.2. The summed E-state index contributed by atoms with van der Waals surface area (Å²) in [6, 6.07) is 15.8. The molecule has 6 rings (SSSR count). The van der Waals surface area contributed by atoms with Gasteiger partial charge in [-0.05, 0) is 113 Å². The van der Waals surface area contributed by atoms with E-state index < -0.39 is 96.0 Å². The fourth-order valence-corrected chi connectivity index (χ4v) is 9.11. The molecular weight excluding hydrogens is 1000 g/mol. The van der Waals surface area contributed by atoms with Gasteiger partial charge in [-0.25, -0.2) is 18.2 Å². The molecule has 1 aliphatic rings. The van der Waals surface area contributed by atoms with Crippen LogP contribution >= 0.6 is 23.2 Å². The number of benzene rings is 4. The maximum Gasteiger partial charge on any atom is 0.247 e. The molecule has 0 bridgehead atoms. The second kappa shape index (κ2) is 25.2. The standard InChI is InChI=1S/C54H63Cl2F3N8O7/c1-31-32(2)64(6)53(71)38(23-36-15-21-43(57)51(59)50(36)58)24-49(69)67(28-37-12-18-40(56)25-46(37)74-42-19-13-35(14-20-42)45-27-60-47(66(45)8)29-63(4)5)33(3)52(70)62-44(30-73-9)54(72)65(7)41(26-48(68)61-31)22-34-10-16-39(55)17-11-34/h10-21,25,27,31-33,38,41,44H,22-24,26,28-30H2,1-9H3,(H,61,68)(H,62,70)/t31-,32-,33-,38+,41-,44-/m0/s1. The fourth-order valence-electron chi connectivity index (χ4n) is 8.82. The second-order valence-electron chi connectivity index (χ2n) is 19.1. The normalized spacial score (nSPS) is 20.9. The number of nitrogens with zero attached hydrogens (tertiary/aromatic N) is 6. The fraction of sp³-hybridized carbons (Fsp3) is 0.407. The quantitative estimate of drug-likeness (QED) is 0.113. The Hall–Kier alpha value is -6.47. The van der Waals surface area contributed by atoms with E-state index in [1.54, 1.807) is 74.6 Å². The van der Waals surface area contributed by atoms with Crippen molar-refractivity contribution in [3.63, 3.8) is 0 Å². The number of hydrogen-bond donors (Lipinski definition) is 2. The molecule has 1 aliphatic heterocycles. The van der Waals surface area contributed by atoms with Crippen LogP contribution in [0.3, 0.4) is 0 Å². The van der Waals surface area contributed by atoms with E-state index in [1.807, 2.05) is 42.7 Å². The number of methoxy groups -OCH3 is 1. The summed E-state index contributed by atoms with van der Waals surface area (Å²) in [5, 5.41) is 6.47. The lowest BCUT2D eigenvalue weighted by Crippen LogP contribution is -2.58. The Morgan fingerprint density at radius 2 is 1.43 bits per heavy atom. The number of rotatable bonds is 13. The number of aromatic nitrogens is 2. The summed E-state index contributed by atoms with van der Waals surface area (Å²) in [4.78, 5) is 83.2. The lowest BCUT2D eigenvalue weighted by molar-refractivity contribution is -0.147. The lowest BCUT2D eigenvalue weighted by Gasteiger charge is -2.36. The predicted molar refractivity (Wildman–Crippen MR) is 276 cm³/mol. The molecule has 396 valence electrons. The molecule has 0 saturated carbocycles. The molecule has 5 aromatic rings. The van der Waals surface area contributed by atoms with E-state index in [-0.39, 0.29) is 37.3 Å². The van der Waals surface area contributed by atoms with Crippen molar-refractivity contribution in [2.75, 3.05) is 41.9 Å². The van der Waals surface area contributed by atoms with Crippen molar-refractivity contribution in [2.24, 2.45) is 13.0 Å². The Balaban J connectivity index is 1.40. The first kappa shape index (κ1) is 56.8. The van der Waals surface area contributed by atoms with Gasteiger partial charge < -0.3 is 44.3 Å². The van der Waals surface area contributed by atoms with Gasteiger partial charge in [0, 0.05) is 80.4 Å². The average Bonchev–Trinajstić information content (AvgIpc) is 3.72. The second-order valence-corrected chi connectivity index (χ2v) is 19.9. The van der Waals surface area contributed by atoms with Gasteiger partial charge in [0.25, 0.3) is 0 Å². The summed E-state index contributed by atoms with van der Waals surface area (Å²) < 4.78 is 58.3. The molecule has 74 heavy (non-hydrogen) atoms. The van der Waals surface area contributed by atoms with E-state index >= 15 is 9.18 Å². The van der Waals surface area contributed by atoms with Crippen LogP contribution in [-0.2, 0) is 61.7 Å². The number of halogens is 5. The minimum atomic E-state index is -1.75. The highest BCUT2D eigenvalue weighted by Crippen LogP contribution is 2.33.